The summed E-state index contributed by atoms with van der Waals surface area (Å²) >= 11 is 9.89. The molecule has 2 nitrogen and oxygen atoms in total. The maximum absolute atomic E-state index is 6.32. The molecule has 1 aromatic rings. The molecule has 0 saturated carbocycles. The van der Waals surface area contributed by atoms with Crippen molar-refractivity contribution in [3.05, 3.63) is 28.8 Å². The molecule has 4 heteroatoms. The molecule has 1 unspecified atom stereocenters. The third-order valence-electron chi connectivity index (χ3n) is 4.41. The van der Waals surface area contributed by atoms with Gasteiger partial charge in [-0.05, 0) is 31.5 Å². The number of nitrogens with zero attached hydrogens (tertiary/aromatic N) is 2. The number of hydrogen-bond donors (Lipinski definition) is 0. The van der Waals surface area contributed by atoms with E-state index in [9.17, 15) is 0 Å². The summed E-state index contributed by atoms with van der Waals surface area (Å²) in [7, 11) is 0. The van der Waals surface area contributed by atoms with Gasteiger partial charge in [0, 0.05) is 47.3 Å². The molecule has 0 amide bonds. The molecule has 104 valence electrons. The van der Waals surface area contributed by atoms with Crippen molar-refractivity contribution in [3.8, 4) is 0 Å². The van der Waals surface area contributed by atoms with Gasteiger partial charge in [0.1, 0.15) is 0 Å². The summed E-state index contributed by atoms with van der Waals surface area (Å²) in [6, 6.07) is 7.00. The first-order valence-corrected chi connectivity index (χ1v) is 8.62. The van der Waals surface area contributed by atoms with E-state index < -0.39 is 0 Å². The van der Waals surface area contributed by atoms with Gasteiger partial charge in [0.05, 0.1) is 0 Å². The van der Waals surface area contributed by atoms with Crippen molar-refractivity contribution in [1.29, 1.82) is 0 Å². The molecule has 0 aliphatic carbocycles. The SMILES string of the molecule is Clc1cccc(N2CCN3CCCCC3C2)c1CBr. The van der Waals surface area contributed by atoms with E-state index in [0.717, 1.165) is 29.5 Å². The molecule has 2 fully saturated rings. The van der Waals surface area contributed by atoms with Crippen molar-refractivity contribution in [3.63, 3.8) is 0 Å². The number of anilines is 1. The molecule has 2 saturated heterocycles. The van der Waals surface area contributed by atoms with Crippen molar-refractivity contribution in [2.24, 2.45) is 0 Å². The number of benzene rings is 1. The number of piperidine rings is 1. The summed E-state index contributed by atoms with van der Waals surface area (Å²) in [4.78, 5) is 5.19. The Morgan fingerprint density at radius 3 is 2.95 bits per heavy atom. The minimum absolute atomic E-state index is 0.740. The first kappa shape index (κ1) is 13.7. The smallest absolute Gasteiger partial charge is 0.0467 e. The second kappa shape index (κ2) is 6.02. The fourth-order valence-corrected chi connectivity index (χ4v) is 4.34. The van der Waals surface area contributed by atoms with E-state index >= 15 is 0 Å². The summed E-state index contributed by atoms with van der Waals surface area (Å²) in [6.45, 7) is 4.76. The molecular formula is C15H20BrClN2. The summed E-state index contributed by atoms with van der Waals surface area (Å²) in [5.74, 6) is 0. The average molecular weight is 344 g/mol. The molecule has 19 heavy (non-hydrogen) atoms. The van der Waals surface area contributed by atoms with Crippen molar-refractivity contribution in [1.82, 2.24) is 4.90 Å². The molecule has 1 atom stereocenters. The van der Waals surface area contributed by atoms with Crippen LogP contribution in [0.1, 0.15) is 24.8 Å². The van der Waals surface area contributed by atoms with Crippen molar-refractivity contribution < 1.29 is 0 Å². The lowest BCUT2D eigenvalue weighted by molar-refractivity contribution is 0.133. The van der Waals surface area contributed by atoms with Gasteiger partial charge in [0.2, 0.25) is 0 Å². The lowest BCUT2D eigenvalue weighted by Crippen LogP contribution is -2.55. The third-order valence-corrected chi connectivity index (χ3v) is 5.32. The Labute approximate surface area is 128 Å². The second-order valence-corrected chi connectivity index (χ2v) is 6.47. The van der Waals surface area contributed by atoms with Gasteiger partial charge in [0.25, 0.3) is 0 Å². The molecule has 0 spiro atoms. The zero-order valence-electron chi connectivity index (χ0n) is 11.1. The van der Waals surface area contributed by atoms with Crippen LogP contribution >= 0.6 is 27.5 Å². The predicted molar refractivity (Wildman–Crippen MR) is 85.5 cm³/mol. The molecule has 0 N–H and O–H groups in total. The number of halogens is 2. The highest BCUT2D eigenvalue weighted by Gasteiger charge is 2.29. The first-order chi connectivity index (χ1) is 9.29. The Morgan fingerprint density at radius 1 is 1.21 bits per heavy atom. The van der Waals surface area contributed by atoms with E-state index in [1.54, 1.807) is 0 Å². The van der Waals surface area contributed by atoms with Gasteiger partial charge in [-0.2, -0.15) is 0 Å². The lowest BCUT2D eigenvalue weighted by atomic mass is 9.99. The summed E-state index contributed by atoms with van der Waals surface area (Å²) in [6.07, 6.45) is 4.11. The molecular weight excluding hydrogens is 324 g/mol. The van der Waals surface area contributed by atoms with Gasteiger partial charge in [-0.25, -0.2) is 0 Å². The van der Waals surface area contributed by atoms with Gasteiger partial charge >= 0.3 is 0 Å². The van der Waals surface area contributed by atoms with Gasteiger partial charge in [-0.1, -0.05) is 40.0 Å². The van der Waals surface area contributed by atoms with Gasteiger partial charge < -0.3 is 4.90 Å². The number of rotatable bonds is 2. The van der Waals surface area contributed by atoms with E-state index in [1.807, 2.05) is 6.07 Å². The topological polar surface area (TPSA) is 6.48 Å². The van der Waals surface area contributed by atoms with E-state index in [1.165, 1.54) is 43.6 Å². The molecule has 2 heterocycles. The van der Waals surface area contributed by atoms with Crippen LogP contribution in [-0.4, -0.2) is 37.1 Å². The molecule has 1 aromatic carbocycles. The van der Waals surface area contributed by atoms with Crippen LogP contribution in [0.25, 0.3) is 0 Å². The zero-order chi connectivity index (χ0) is 13.2. The normalized spacial score (nSPS) is 24.3. The number of hydrogen-bond acceptors (Lipinski definition) is 2. The fourth-order valence-electron chi connectivity index (χ4n) is 3.35. The number of fused-ring (bicyclic) bond motifs is 1. The van der Waals surface area contributed by atoms with Crippen LogP contribution in [0.15, 0.2) is 18.2 Å². The minimum Gasteiger partial charge on any atom is -0.368 e. The van der Waals surface area contributed by atoms with Crippen molar-refractivity contribution in [2.75, 3.05) is 31.1 Å². The van der Waals surface area contributed by atoms with Crippen LogP contribution in [0.3, 0.4) is 0 Å². The Balaban J connectivity index is 1.81. The monoisotopic (exact) mass is 342 g/mol. The van der Waals surface area contributed by atoms with Crippen LogP contribution < -0.4 is 4.90 Å². The zero-order valence-corrected chi connectivity index (χ0v) is 13.5. The molecule has 2 aliphatic heterocycles. The van der Waals surface area contributed by atoms with E-state index in [0.29, 0.717) is 0 Å². The van der Waals surface area contributed by atoms with Gasteiger partial charge in [0.15, 0.2) is 0 Å². The molecule has 0 aromatic heterocycles. The van der Waals surface area contributed by atoms with Crippen LogP contribution in [0.4, 0.5) is 5.69 Å². The third kappa shape index (κ3) is 2.79. The van der Waals surface area contributed by atoms with E-state index in [4.69, 9.17) is 11.6 Å². The molecule has 2 aliphatic rings. The highest BCUT2D eigenvalue weighted by Crippen LogP contribution is 2.32. The highest BCUT2D eigenvalue weighted by atomic mass is 79.9. The van der Waals surface area contributed by atoms with Crippen LogP contribution in [0.2, 0.25) is 5.02 Å². The van der Waals surface area contributed by atoms with Gasteiger partial charge in [-0.3, -0.25) is 4.90 Å². The average Bonchev–Trinajstić information content (AvgIpc) is 2.46. The Kier molecular flexibility index (Phi) is 4.35. The van der Waals surface area contributed by atoms with Crippen LogP contribution in [-0.2, 0) is 5.33 Å². The molecule has 0 radical (unpaired) electrons. The predicted octanol–water partition coefficient (Wildman–Crippen LogP) is 3.91. The first-order valence-electron chi connectivity index (χ1n) is 7.12. The summed E-state index contributed by atoms with van der Waals surface area (Å²) in [5.41, 5.74) is 2.54. The molecule has 0 bridgehead atoms. The largest absolute Gasteiger partial charge is 0.368 e. The Bertz CT molecular complexity index is 452. The number of piperazine rings is 1. The van der Waals surface area contributed by atoms with E-state index in [-0.39, 0.29) is 0 Å². The second-order valence-electron chi connectivity index (χ2n) is 5.50. The summed E-state index contributed by atoms with van der Waals surface area (Å²) < 4.78 is 0. The standard InChI is InChI=1S/C15H20BrClN2/c16-10-13-14(17)5-3-6-15(13)19-9-8-18-7-2-1-4-12(18)11-19/h3,5-6,12H,1-2,4,7-11H2. The molecule has 3 rings (SSSR count). The Morgan fingerprint density at radius 2 is 2.11 bits per heavy atom. The minimum atomic E-state index is 0.740. The van der Waals surface area contributed by atoms with Crippen molar-refractivity contribution in [2.45, 2.75) is 30.6 Å². The van der Waals surface area contributed by atoms with Crippen molar-refractivity contribution >= 4 is 33.2 Å². The fraction of sp³-hybridized carbons (Fsp3) is 0.600. The van der Waals surface area contributed by atoms with Crippen LogP contribution in [0.5, 0.6) is 0 Å². The Hall–Kier alpha value is -0.250. The number of alkyl halides is 1. The van der Waals surface area contributed by atoms with Gasteiger partial charge in [-0.15, -0.1) is 0 Å². The highest BCUT2D eigenvalue weighted by molar-refractivity contribution is 9.08. The summed E-state index contributed by atoms with van der Waals surface area (Å²) in [5, 5.41) is 1.70. The quantitative estimate of drug-likeness (QED) is 0.751. The lowest BCUT2D eigenvalue weighted by Gasteiger charge is -2.45. The maximum Gasteiger partial charge on any atom is 0.0467 e. The maximum atomic E-state index is 6.32. The van der Waals surface area contributed by atoms with Crippen LogP contribution in [0, 0.1) is 0 Å². The van der Waals surface area contributed by atoms with E-state index in [2.05, 4.69) is 37.9 Å².